The van der Waals surface area contributed by atoms with Crippen LogP contribution < -0.4 is 5.32 Å². The zero-order chi connectivity index (χ0) is 15.8. The summed E-state index contributed by atoms with van der Waals surface area (Å²) in [6.07, 6.45) is -1.35. The number of halogens is 1. The Bertz CT molecular complexity index is 597. The van der Waals surface area contributed by atoms with Gasteiger partial charge in [-0.25, -0.2) is 4.39 Å². The van der Waals surface area contributed by atoms with Gasteiger partial charge in [-0.15, -0.1) is 11.8 Å². The molecule has 0 aliphatic carbocycles. The molecule has 0 aromatic heterocycles. The molecule has 0 bridgehead atoms. The number of esters is 1. The van der Waals surface area contributed by atoms with Crippen molar-refractivity contribution < 1.29 is 23.8 Å². The molecule has 0 saturated carbocycles. The number of fused-ring (bicyclic) bond motifs is 1. The van der Waals surface area contributed by atoms with Crippen molar-refractivity contribution in [3.63, 3.8) is 0 Å². The van der Waals surface area contributed by atoms with Crippen LogP contribution in [0.25, 0.3) is 0 Å². The largest absolute Gasteiger partial charge is 0.459 e. The SMILES string of the molecule is CC(C)(C)OC(=O)CSc1cc2c(cc1F)C(O)C(=O)N2. The Kier molecular flexibility index (Phi) is 4.25. The third-order valence-electron chi connectivity index (χ3n) is 2.67. The second-order valence-corrected chi connectivity index (χ2v) is 6.65. The average molecular weight is 313 g/mol. The van der Waals surface area contributed by atoms with E-state index in [2.05, 4.69) is 5.32 Å². The van der Waals surface area contributed by atoms with Gasteiger partial charge < -0.3 is 15.2 Å². The van der Waals surface area contributed by atoms with E-state index in [1.807, 2.05) is 0 Å². The topological polar surface area (TPSA) is 75.6 Å². The van der Waals surface area contributed by atoms with Gasteiger partial charge >= 0.3 is 5.97 Å². The lowest BCUT2D eigenvalue weighted by atomic mass is 10.1. The van der Waals surface area contributed by atoms with E-state index in [0.717, 1.165) is 17.8 Å². The molecule has 1 aliphatic heterocycles. The van der Waals surface area contributed by atoms with Crippen molar-refractivity contribution >= 4 is 29.3 Å². The number of aliphatic hydroxyl groups excluding tert-OH is 1. The smallest absolute Gasteiger partial charge is 0.316 e. The predicted molar refractivity (Wildman–Crippen MR) is 76.6 cm³/mol. The number of benzene rings is 1. The van der Waals surface area contributed by atoms with Crippen LogP contribution in [-0.4, -0.2) is 28.3 Å². The van der Waals surface area contributed by atoms with E-state index in [1.54, 1.807) is 20.8 Å². The van der Waals surface area contributed by atoms with Crippen molar-refractivity contribution in [2.24, 2.45) is 0 Å². The molecule has 1 aromatic rings. The monoisotopic (exact) mass is 313 g/mol. The van der Waals surface area contributed by atoms with Gasteiger partial charge in [0.1, 0.15) is 11.4 Å². The Morgan fingerprint density at radius 2 is 2.14 bits per heavy atom. The number of hydrogen-bond donors (Lipinski definition) is 2. The highest BCUT2D eigenvalue weighted by molar-refractivity contribution is 8.00. The first-order chi connectivity index (χ1) is 9.67. The third kappa shape index (κ3) is 3.74. The van der Waals surface area contributed by atoms with Crippen molar-refractivity contribution in [3.05, 3.63) is 23.5 Å². The molecule has 0 saturated heterocycles. The number of carbonyl (C=O) groups excluding carboxylic acids is 2. The number of hydrogen-bond acceptors (Lipinski definition) is 5. The van der Waals surface area contributed by atoms with Crippen molar-refractivity contribution in [1.82, 2.24) is 0 Å². The summed E-state index contributed by atoms with van der Waals surface area (Å²) in [6, 6.07) is 2.52. The Hall–Kier alpha value is -1.60. The molecular weight excluding hydrogens is 297 g/mol. The van der Waals surface area contributed by atoms with Crippen molar-refractivity contribution in [2.75, 3.05) is 11.1 Å². The molecule has 1 atom stereocenters. The summed E-state index contributed by atoms with van der Waals surface area (Å²) < 4.78 is 19.0. The van der Waals surface area contributed by atoms with E-state index < -0.39 is 29.4 Å². The quantitative estimate of drug-likeness (QED) is 0.661. The zero-order valence-electron chi connectivity index (χ0n) is 11.9. The molecule has 1 unspecified atom stereocenters. The zero-order valence-corrected chi connectivity index (χ0v) is 12.7. The van der Waals surface area contributed by atoms with E-state index in [4.69, 9.17) is 4.74 Å². The molecule has 114 valence electrons. The van der Waals surface area contributed by atoms with Crippen molar-refractivity contribution in [2.45, 2.75) is 37.4 Å². The second kappa shape index (κ2) is 5.65. The minimum Gasteiger partial charge on any atom is -0.459 e. The number of nitrogens with one attached hydrogen (secondary N) is 1. The molecule has 1 amide bonds. The number of rotatable bonds is 3. The first kappa shape index (κ1) is 15.8. The Morgan fingerprint density at radius 3 is 2.76 bits per heavy atom. The van der Waals surface area contributed by atoms with Crippen LogP contribution >= 0.6 is 11.8 Å². The second-order valence-electron chi connectivity index (χ2n) is 5.64. The number of ether oxygens (including phenoxy) is 1. The molecule has 0 fully saturated rings. The Morgan fingerprint density at radius 1 is 1.48 bits per heavy atom. The van der Waals surface area contributed by atoms with Gasteiger partial charge in [-0.1, -0.05) is 0 Å². The van der Waals surface area contributed by atoms with Gasteiger partial charge in [-0.3, -0.25) is 9.59 Å². The van der Waals surface area contributed by atoms with Crippen molar-refractivity contribution in [3.8, 4) is 0 Å². The van der Waals surface area contributed by atoms with Crippen LogP contribution in [0.1, 0.15) is 32.4 Å². The summed E-state index contributed by atoms with van der Waals surface area (Å²) in [4.78, 5) is 23.1. The molecular formula is C14H16FNO4S. The lowest BCUT2D eigenvalue weighted by molar-refractivity contribution is -0.151. The minimum absolute atomic E-state index is 0.0382. The minimum atomic E-state index is -1.35. The highest BCUT2D eigenvalue weighted by atomic mass is 32.2. The first-order valence-electron chi connectivity index (χ1n) is 6.34. The normalized spacial score (nSPS) is 17.4. The van der Waals surface area contributed by atoms with Crippen LogP contribution in [0, 0.1) is 5.82 Å². The average Bonchev–Trinajstić information content (AvgIpc) is 2.61. The number of thioether (sulfide) groups is 1. The molecule has 1 aromatic carbocycles. The summed E-state index contributed by atoms with van der Waals surface area (Å²) in [6.45, 7) is 5.26. The van der Waals surface area contributed by atoms with E-state index in [0.29, 0.717) is 5.69 Å². The number of anilines is 1. The van der Waals surface area contributed by atoms with E-state index in [1.165, 1.54) is 6.07 Å². The van der Waals surface area contributed by atoms with Gasteiger partial charge in [-0.2, -0.15) is 0 Å². The van der Waals surface area contributed by atoms with E-state index in [-0.39, 0.29) is 16.2 Å². The van der Waals surface area contributed by atoms with Gasteiger partial charge in [0.05, 0.1) is 5.75 Å². The van der Waals surface area contributed by atoms with E-state index in [9.17, 15) is 19.1 Å². The predicted octanol–water partition coefficient (Wildman–Crippen LogP) is 2.25. The third-order valence-corrected chi connectivity index (χ3v) is 3.67. The molecule has 21 heavy (non-hydrogen) atoms. The standard InChI is InChI=1S/C14H16FNO4S/c1-14(2,3)20-11(17)6-21-10-5-9-7(4-8(10)15)12(18)13(19)16-9/h4-5,12,18H,6H2,1-3H3,(H,16,19). The molecule has 1 heterocycles. The maximum Gasteiger partial charge on any atom is 0.316 e. The maximum absolute atomic E-state index is 13.9. The van der Waals surface area contributed by atoms with Crippen LogP contribution in [0.4, 0.5) is 10.1 Å². The first-order valence-corrected chi connectivity index (χ1v) is 7.33. The molecule has 0 radical (unpaired) electrons. The summed E-state index contributed by atoms with van der Waals surface area (Å²) in [7, 11) is 0. The highest BCUT2D eigenvalue weighted by Crippen LogP contribution is 2.36. The molecule has 0 spiro atoms. The fourth-order valence-electron chi connectivity index (χ4n) is 1.86. The molecule has 5 nitrogen and oxygen atoms in total. The number of carbonyl (C=O) groups is 2. The molecule has 2 rings (SSSR count). The van der Waals surface area contributed by atoms with Gasteiger partial charge in [0, 0.05) is 16.1 Å². The van der Waals surface area contributed by atoms with Crippen LogP contribution in [0.15, 0.2) is 17.0 Å². The van der Waals surface area contributed by atoms with Gasteiger partial charge in [0.25, 0.3) is 5.91 Å². The highest BCUT2D eigenvalue weighted by Gasteiger charge is 2.30. The van der Waals surface area contributed by atoms with Crippen molar-refractivity contribution in [1.29, 1.82) is 0 Å². The molecule has 7 heteroatoms. The summed E-state index contributed by atoms with van der Waals surface area (Å²) in [5.74, 6) is -1.66. The van der Waals surface area contributed by atoms with Gasteiger partial charge in [-0.05, 0) is 32.9 Å². The number of aliphatic hydroxyl groups is 1. The summed E-state index contributed by atoms with van der Waals surface area (Å²) in [5.41, 5.74) is -0.0219. The maximum atomic E-state index is 13.9. The van der Waals surface area contributed by atoms with Gasteiger partial charge in [0.2, 0.25) is 0 Å². The Labute approximate surface area is 125 Å². The molecule has 1 aliphatic rings. The summed E-state index contributed by atoms with van der Waals surface area (Å²) in [5, 5.41) is 12.0. The summed E-state index contributed by atoms with van der Waals surface area (Å²) >= 11 is 0.982. The molecule has 2 N–H and O–H groups in total. The fraction of sp³-hybridized carbons (Fsp3) is 0.429. The van der Waals surface area contributed by atoms with Crippen LogP contribution in [-0.2, 0) is 14.3 Å². The van der Waals surface area contributed by atoms with E-state index >= 15 is 0 Å². The van der Waals surface area contributed by atoms with Crippen LogP contribution in [0.3, 0.4) is 0 Å². The lowest BCUT2D eigenvalue weighted by Gasteiger charge is -2.19. The Balaban J connectivity index is 2.07. The van der Waals surface area contributed by atoms with Crippen LogP contribution in [0.2, 0.25) is 0 Å². The number of amides is 1. The lowest BCUT2D eigenvalue weighted by Crippen LogP contribution is -2.24. The fourth-order valence-corrected chi connectivity index (χ4v) is 2.59. The van der Waals surface area contributed by atoms with Crippen LogP contribution in [0.5, 0.6) is 0 Å². The van der Waals surface area contributed by atoms with Gasteiger partial charge in [0.15, 0.2) is 6.10 Å².